The number of aromatic nitrogens is 3. The van der Waals surface area contributed by atoms with E-state index in [4.69, 9.17) is 0 Å². The van der Waals surface area contributed by atoms with Crippen molar-refractivity contribution >= 4 is 5.95 Å². The third-order valence-electron chi connectivity index (χ3n) is 4.18. The molecular formula is C19H36N4. The molecule has 1 aromatic rings. The van der Waals surface area contributed by atoms with E-state index in [0.717, 1.165) is 30.9 Å². The summed E-state index contributed by atoms with van der Waals surface area (Å²) in [6, 6.07) is 0. The van der Waals surface area contributed by atoms with Crippen molar-refractivity contribution in [1.82, 2.24) is 15.0 Å². The minimum absolute atomic E-state index is 0.815. The molecule has 0 aliphatic rings. The molecule has 0 aliphatic carbocycles. The van der Waals surface area contributed by atoms with Crippen molar-refractivity contribution in [3.63, 3.8) is 0 Å². The van der Waals surface area contributed by atoms with Crippen LogP contribution in [0.15, 0.2) is 12.7 Å². The van der Waals surface area contributed by atoms with Gasteiger partial charge in [-0.15, -0.1) is 0 Å². The van der Waals surface area contributed by atoms with Crippen molar-refractivity contribution in [2.45, 2.75) is 79.1 Å². The van der Waals surface area contributed by atoms with Crippen LogP contribution in [0.2, 0.25) is 0 Å². The van der Waals surface area contributed by atoms with Gasteiger partial charge in [0.05, 0.1) is 0 Å². The SMILES string of the molecule is CC(C)CCCCCN(CCCCCC(C)C)c1ncncn1. The van der Waals surface area contributed by atoms with E-state index in [1.807, 2.05) is 0 Å². The maximum atomic E-state index is 4.34. The van der Waals surface area contributed by atoms with Crippen LogP contribution >= 0.6 is 0 Å². The molecule has 0 bridgehead atoms. The van der Waals surface area contributed by atoms with Gasteiger partial charge in [-0.05, 0) is 24.7 Å². The molecule has 0 saturated heterocycles. The average Bonchev–Trinajstić information content (AvgIpc) is 2.52. The molecule has 1 heterocycles. The first-order valence-electron chi connectivity index (χ1n) is 9.46. The Labute approximate surface area is 143 Å². The second-order valence-electron chi connectivity index (χ2n) is 7.41. The Morgan fingerprint density at radius 2 is 1.22 bits per heavy atom. The second kappa shape index (κ2) is 12.3. The molecule has 23 heavy (non-hydrogen) atoms. The van der Waals surface area contributed by atoms with Crippen LogP contribution in [0.25, 0.3) is 0 Å². The number of unbranched alkanes of at least 4 members (excludes halogenated alkanes) is 4. The van der Waals surface area contributed by atoms with E-state index < -0.39 is 0 Å². The van der Waals surface area contributed by atoms with E-state index in [2.05, 4.69) is 47.5 Å². The van der Waals surface area contributed by atoms with Gasteiger partial charge in [0.15, 0.2) is 0 Å². The first-order valence-corrected chi connectivity index (χ1v) is 9.46. The number of nitrogens with zero attached hydrogens (tertiary/aromatic N) is 4. The molecule has 0 saturated carbocycles. The van der Waals surface area contributed by atoms with Crippen LogP contribution in [-0.2, 0) is 0 Å². The van der Waals surface area contributed by atoms with Crippen molar-refractivity contribution < 1.29 is 0 Å². The quantitative estimate of drug-likeness (QED) is 0.474. The molecule has 0 aromatic carbocycles. The highest BCUT2D eigenvalue weighted by Gasteiger charge is 2.09. The van der Waals surface area contributed by atoms with Crippen LogP contribution in [0.1, 0.15) is 79.1 Å². The summed E-state index contributed by atoms with van der Waals surface area (Å²) in [6.07, 6.45) is 13.6. The monoisotopic (exact) mass is 320 g/mol. The normalized spacial score (nSPS) is 11.4. The zero-order valence-corrected chi connectivity index (χ0v) is 15.7. The standard InChI is InChI=1S/C19H36N4/c1-17(2)11-7-5-9-13-23(19-21-15-20-16-22-19)14-10-6-8-12-18(3)4/h15-18H,5-14H2,1-4H3. The third-order valence-corrected chi connectivity index (χ3v) is 4.18. The fourth-order valence-electron chi connectivity index (χ4n) is 2.77. The average molecular weight is 321 g/mol. The minimum Gasteiger partial charge on any atom is -0.341 e. The van der Waals surface area contributed by atoms with Crippen molar-refractivity contribution in [1.29, 1.82) is 0 Å². The highest BCUT2D eigenvalue weighted by molar-refractivity contribution is 5.26. The van der Waals surface area contributed by atoms with Crippen molar-refractivity contribution in [2.75, 3.05) is 18.0 Å². The molecule has 0 fully saturated rings. The fraction of sp³-hybridized carbons (Fsp3) is 0.842. The van der Waals surface area contributed by atoms with Gasteiger partial charge >= 0.3 is 0 Å². The lowest BCUT2D eigenvalue weighted by Crippen LogP contribution is -2.27. The van der Waals surface area contributed by atoms with Crippen LogP contribution in [-0.4, -0.2) is 28.0 Å². The summed E-state index contributed by atoms with van der Waals surface area (Å²) in [6.45, 7) is 11.3. The molecule has 0 unspecified atom stereocenters. The number of hydrogen-bond acceptors (Lipinski definition) is 4. The van der Waals surface area contributed by atoms with Gasteiger partial charge in [-0.25, -0.2) is 15.0 Å². The van der Waals surface area contributed by atoms with E-state index >= 15 is 0 Å². The molecule has 1 rings (SSSR count). The smallest absolute Gasteiger partial charge is 0.228 e. The summed E-state index contributed by atoms with van der Waals surface area (Å²) in [5.41, 5.74) is 0. The lowest BCUT2D eigenvalue weighted by Gasteiger charge is -2.22. The van der Waals surface area contributed by atoms with Gasteiger partial charge in [0.2, 0.25) is 5.95 Å². The van der Waals surface area contributed by atoms with Gasteiger partial charge < -0.3 is 4.90 Å². The third kappa shape index (κ3) is 10.2. The maximum absolute atomic E-state index is 4.34. The van der Waals surface area contributed by atoms with Crippen molar-refractivity contribution in [2.24, 2.45) is 11.8 Å². The topological polar surface area (TPSA) is 41.9 Å². The summed E-state index contributed by atoms with van der Waals surface area (Å²) in [5.74, 6) is 2.47. The highest BCUT2D eigenvalue weighted by Crippen LogP contribution is 2.13. The Morgan fingerprint density at radius 1 is 0.739 bits per heavy atom. The largest absolute Gasteiger partial charge is 0.341 e. The van der Waals surface area contributed by atoms with Gasteiger partial charge in [0, 0.05) is 13.1 Å². The molecular weight excluding hydrogens is 284 g/mol. The molecule has 0 spiro atoms. The van der Waals surface area contributed by atoms with Crippen molar-refractivity contribution in [3.05, 3.63) is 12.7 Å². The maximum Gasteiger partial charge on any atom is 0.228 e. The molecule has 0 N–H and O–H groups in total. The molecule has 4 nitrogen and oxygen atoms in total. The Hall–Kier alpha value is -1.19. The molecule has 4 heteroatoms. The van der Waals surface area contributed by atoms with Crippen LogP contribution in [0.5, 0.6) is 0 Å². The summed E-state index contributed by atoms with van der Waals surface area (Å²) < 4.78 is 0. The summed E-state index contributed by atoms with van der Waals surface area (Å²) in [4.78, 5) is 15.0. The van der Waals surface area contributed by atoms with E-state index in [0.29, 0.717) is 0 Å². The number of rotatable bonds is 13. The summed E-state index contributed by atoms with van der Waals surface area (Å²) in [5, 5.41) is 0. The Morgan fingerprint density at radius 3 is 1.65 bits per heavy atom. The number of hydrogen-bond donors (Lipinski definition) is 0. The zero-order valence-electron chi connectivity index (χ0n) is 15.7. The predicted molar refractivity (Wildman–Crippen MR) is 98.7 cm³/mol. The van der Waals surface area contributed by atoms with E-state index in [1.54, 1.807) is 12.7 Å². The number of anilines is 1. The predicted octanol–water partition coefficient (Wildman–Crippen LogP) is 5.11. The molecule has 0 amide bonds. The van der Waals surface area contributed by atoms with Crippen LogP contribution in [0.4, 0.5) is 5.95 Å². The van der Waals surface area contributed by atoms with Crippen molar-refractivity contribution in [3.8, 4) is 0 Å². The molecule has 1 aromatic heterocycles. The zero-order chi connectivity index (χ0) is 16.9. The Balaban J connectivity index is 2.32. The highest BCUT2D eigenvalue weighted by atomic mass is 15.3. The summed E-state index contributed by atoms with van der Waals surface area (Å²) >= 11 is 0. The van der Waals surface area contributed by atoms with Gasteiger partial charge in [0.1, 0.15) is 12.7 Å². The second-order valence-corrected chi connectivity index (χ2v) is 7.41. The minimum atomic E-state index is 0.815. The Kier molecular flexibility index (Phi) is 10.6. The first kappa shape index (κ1) is 19.9. The van der Waals surface area contributed by atoms with Crippen LogP contribution in [0, 0.1) is 11.8 Å². The lowest BCUT2D eigenvalue weighted by atomic mass is 10.0. The fourth-order valence-corrected chi connectivity index (χ4v) is 2.77. The molecule has 0 radical (unpaired) electrons. The van der Waals surface area contributed by atoms with E-state index in [9.17, 15) is 0 Å². The van der Waals surface area contributed by atoms with Gasteiger partial charge in [0.25, 0.3) is 0 Å². The van der Waals surface area contributed by atoms with Gasteiger partial charge in [-0.3, -0.25) is 0 Å². The Bertz CT molecular complexity index is 360. The van der Waals surface area contributed by atoms with E-state index in [-0.39, 0.29) is 0 Å². The van der Waals surface area contributed by atoms with Crippen LogP contribution < -0.4 is 4.90 Å². The van der Waals surface area contributed by atoms with Gasteiger partial charge in [-0.1, -0.05) is 66.2 Å². The van der Waals surface area contributed by atoms with Crippen LogP contribution in [0.3, 0.4) is 0 Å². The first-order chi connectivity index (χ1) is 11.1. The lowest BCUT2D eigenvalue weighted by molar-refractivity contribution is 0.512. The van der Waals surface area contributed by atoms with Gasteiger partial charge in [-0.2, -0.15) is 0 Å². The molecule has 0 atom stereocenters. The molecule has 132 valence electrons. The summed E-state index contributed by atoms with van der Waals surface area (Å²) in [7, 11) is 0. The van der Waals surface area contributed by atoms with E-state index in [1.165, 1.54) is 51.4 Å². The molecule has 0 aliphatic heterocycles.